The van der Waals surface area contributed by atoms with Crippen molar-refractivity contribution < 1.29 is 0 Å². The molecule has 0 aromatic heterocycles. The molecule has 1 N–H and O–H groups in total. The highest BCUT2D eigenvalue weighted by Gasteiger charge is 2.17. The molecular formula is C13H24N2S. The van der Waals surface area contributed by atoms with Crippen LogP contribution in [0.3, 0.4) is 0 Å². The van der Waals surface area contributed by atoms with E-state index >= 15 is 0 Å². The third kappa shape index (κ3) is 3.69. The molecule has 0 radical (unpaired) electrons. The maximum absolute atomic E-state index is 4.77. The van der Waals surface area contributed by atoms with Gasteiger partial charge in [-0.05, 0) is 31.6 Å². The van der Waals surface area contributed by atoms with Crippen molar-refractivity contribution in [3.05, 3.63) is 0 Å². The molecule has 1 aliphatic carbocycles. The number of thioether (sulfide) groups is 1. The number of nitrogens with one attached hydrogen (secondary N) is 1. The van der Waals surface area contributed by atoms with Crippen LogP contribution in [0.5, 0.6) is 0 Å². The Balaban J connectivity index is 1.77. The predicted molar refractivity (Wildman–Crippen MR) is 73.2 cm³/mol. The van der Waals surface area contributed by atoms with Gasteiger partial charge in [-0.1, -0.05) is 37.9 Å². The summed E-state index contributed by atoms with van der Waals surface area (Å²) in [4.78, 5) is 4.77. The van der Waals surface area contributed by atoms with Gasteiger partial charge in [0.05, 0.1) is 0 Å². The van der Waals surface area contributed by atoms with Gasteiger partial charge in [-0.2, -0.15) is 0 Å². The minimum Gasteiger partial charge on any atom is -0.362 e. The molecule has 16 heavy (non-hydrogen) atoms. The number of nitrogens with zero attached hydrogens (tertiary/aromatic N) is 1. The van der Waals surface area contributed by atoms with Crippen molar-refractivity contribution in [2.45, 2.75) is 57.9 Å². The van der Waals surface area contributed by atoms with Crippen molar-refractivity contribution >= 4 is 16.9 Å². The Morgan fingerprint density at radius 2 is 2.06 bits per heavy atom. The average Bonchev–Trinajstić information content (AvgIpc) is 2.38. The topological polar surface area (TPSA) is 24.4 Å². The van der Waals surface area contributed by atoms with Crippen LogP contribution in [0.2, 0.25) is 0 Å². The number of hydrogen-bond donors (Lipinski definition) is 1. The van der Waals surface area contributed by atoms with Crippen molar-refractivity contribution in [1.29, 1.82) is 0 Å². The van der Waals surface area contributed by atoms with E-state index in [2.05, 4.69) is 12.2 Å². The first kappa shape index (κ1) is 12.3. The largest absolute Gasteiger partial charge is 0.362 e. The molecule has 92 valence electrons. The molecule has 1 unspecified atom stereocenters. The maximum Gasteiger partial charge on any atom is 0.156 e. The molecule has 2 aliphatic rings. The fourth-order valence-electron chi connectivity index (χ4n) is 2.57. The quantitative estimate of drug-likeness (QED) is 0.817. The molecule has 2 rings (SSSR count). The Hall–Kier alpha value is -0.180. The molecule has 1 saturated heterocycles. The van der Waals surface area contributed by atoms with E-state index in [1.165, 1.54) is 55.9 Å². The van der Waals surface area contributed by atoms with Crippen molar-refractivity contribution in [2.75, 3.05) is 12.3 Å². The lowest BCUT2D eigenvalue weighted by atomic mass is 9.89. The molecule has 0 amide bonds. The second kappa shape index (κ2) is 6.53. The smallest absolute Gasteiger partial charge is 0.156 e. The summed E-state index contributed by atoms with van der Waals surface area (Å²) < 4.78 is 0. The summed E-state index contributed by atoms with van der Waals surface area (Å²) in [7, 11) is 0. The minimum atomic E-state index is 0.673. The molecule has 2 fully saturated rings. The Morgan fingerprint density at radius 3 is 2.81 bits per heavy atom. The second-order valence-electron chi connectivity index (χ2n) is 5.04. The van der Waals surface area contributed by atoms with Crippen LogP contribution in [-0.2, 0) is 0 Å². The predicted octanol–water partition coefficient (Wildman–Crippen LogP) is 3.43. The van der Waals surface area contributed by atoms with Gasteiger partial charge < -0.3 is 5.32 Å². The molecule has 0 bridgehead atoms. The van der Waals surface area contributed by atoms with E-state index in [-0.39, 0.29) is 0 Å². The molecule has 0 aromatic carbocycles. The molecular weight excluding hydrogens is 216 g/mol. The number of rotatable bonds is 3. The fraction of sp³-hybridized carbons (Fsp3) is 0.923. The molecule has 2 nitrogen and oxygen atoms in total. The average molecular weight is 240 g/mol. The molecule has 1 saturated carbocycles. The summed E-state index contributed by atoms with van der Waals surface area (Å²) >= 11 is 1.91. The fourth-order valence-corrected chi connectivity index (χ4v) is 3.58. The van der Waals surface area contributed by atoms with Gasteiger partial charge in [0.2, 0.25) is 0 Å². The van der Waals surface area contributed by atoms with E-state index in [1.807, 2.05) is 11.8 Å². The maximum atomic E-state index is 4.77. The van der Waals surface area contributed by atoms with Crippen molar-refractivity contribution in [3.63, 3.8) is 0 Å². The van der Waals surface area contributed by atoms with Crippen LogP contribution >= 0.6 is 11.8 Å². The first-order chi connectivity index (χ1) is 7.88. The number of hydrogen-bond acceptors (Lipinski definition) is 2. The van der Waals surface area contributed by atoms with Crippen LogP contribution < -0.4 is 5.32 Å². The Kier molecular flexibility index (Phi) is 5.01. The highest BCUT2D eigenvalue weighted by Crippen LogP contribution is 2.24. The van der Waals surface area contributed by atoms with E-state index in [9.17, 15) is 0 Å². The van der Waals surface area contributed by atoms with Crippen molar-refractivity contribution in [2.24, 2.45) is 10.9 Å². The summed E-state index contributed by atoms with van der Waals surface area (Å²) in [5, 5.41) is 4.77. The summed E-state index contributed by atoms with van der Waals surface area (Å²) in [5.74, 6) is 2.11. The zero-order valence-corrected chi connectivity index (χ0v) is 11.2. The Labute approximate surface area is 104 Å². The lowest BCUT2D eigenvalue weighted by molar-refractivity contribution is 0.366. The van der Waals surface area contributed by atoms with E-state index < -0.39 is 0 Å². The highest BCUT2D eigenvalue weighted by molar-refractivity contribution is 8.13. The van der Waals surface area contributed by atoms with Gasteiger partial charge in [0.1, 0.15) is 0 Å². The summed E-state index contributed by atoms with van der Waals surface area (Å²) in [6.07, 6.45) is 9.61. The standard InChI is InChI=1S/C13H24N2S/c1-2-12-8-9-16-13(15-12)14-10-11-6-4-3-5-7-11/h11-12H,2-10H2,1H3,(H,14,15). The van der Waals surface area contributed by atoms with Crippen molar-refractivity contribution in [3.8, 4) is 0 Å². The third-order valence-corrected chi connectivity index (χ3v) is 4.70. The zero-order valence-electron chi connectivity index (χ0n) is 10.4. The van der Waals surface area contributed by atoms with E-state index in [1.54, 1.807) is 0 Å². The van der Waals surface area contributed by atoms with Crippen LogP contribution in [0.4, 0.5) is 0 Å². The van der Waals surface area contributed by atoms with Crippen molar-refractivity contribution in [1.82, 2.24) is 5.32 Å². The van der Waals surface area contributed by atoms with Crippen LogP contribution in [0, 0.1) is 5.92 Å². The molecule has 1 heterocycles. The first-order valence-electron chi connectivity index (χ1n) is 6.82. The lowest BCUT2D eigenvalue weighted by Crippen LogP contribution is -2.37. The molecule has 0 aromatic rings. The number of aliphatic imine (C=N–C) groups is 1. The van der Waals surface area contributed by atoms with Crippen LogP contribution in [0.15, 0.2) is 4.99 Å². The summed E-state index contributed by atoms with van der Waals surface area (Å²) in [6.45, 7) is 3.32. The van der Waals surface area contributed by atoms with Crippen LogP contribution in [-0.4, -0.2) is 23.5 Å². The van der Waals surface area contributed by atoms with Crippen LogP contribution in [0.1, 0.15) is 51.9 Å². The highest BCUT2D eigenvalue weighted by atomic mass is 32.2. The van der Waals surface area contributed by atoms with E-state index in [0.717, 1.165) is 12.5 Å². The van der Waals surface area contributed by atoms with E-state index in [4.69, 9.17) is 4.99 Å². The molecule has 1 aliphatic heterocycles. The van der Waals surface area contributed by atoms with Gasteiger partial charge >= 0.3 is 0 Å². The van der Waals surface area contributed by atoms with Gasteiger partial charge in [0.25, 0.3) is 0 Å². The molecule has 0 spiro atoms. The monoisotopic (exact) mass is 240 g/mol. The zero-order chi connectivity index (χ0) is 11.2. The van der Waals surface area contributed by atoms with Gasteiger partial charge in [0, 0.05) is 18.3 Å². The minimum absolute atomic E-state index is 0.673. The van der Waals surface area contributed by atoms with Gasteiger partial charge in [-0.25, -0.2) is 0 Å². The normalized spacial score (nSPS) is 30.3. The van der Waals surface area contributed by atoms with E-state index in [0.29, 0.717) is 6.04 Å². The molecule has 1 atom stereocenters. The summed E-state index contributed by atoms with van der Waals surface area (Å²) in [6, 6.07) is 0.673. The Bertz CT molecular complexity index is 234. The molecule has 3 heteroatoms. The second-order valence-corrected chi connectivity index (χ2v) is 6.12. The lowest BCUT2D eigenvalue weighted by Gasteiger charge is -2.25. The van der Waals surface area contributed by atoms with Gasteiger partial charge in [-0.15, -0.1) is 0 Å². The SMILES string of the molecule is CCC1CCSC(=NCC2CCCCC2)N1. The first-order valence-corrected chi connectivity index (χ1v) is 7.81. The van der Waals surface area contributed by atoms with Gasteiger partial charge in [0.15, 0.2) is 5.17 Å². The van der Waals surface area contributed by atoms with Crippen LogP contribution in [0.25, 0.3) is 0 Å². The third-order valence-electron chi connectivity index (χ3n) is 3.74. The van der Waals surface area contributed by atoms with Gasteiger partial charge in [-0.3, -0.25) is 4.99 Å². The Morgan fingerprint density at radius 1 is 1.25 bits per heavy atom. The number of amidine groups is 1. The summed E-state index contributed by atoms with van der Waals surface area (Å²) in [5.41, 5.74) is 0.